The van der Waals surface area contributed by atoms with Crippen molar-refractivity contribution in [2.45, 2.75) is 6.92 Å². The van der Waals surface area contributed by atoms with Crippen LogP contribution in [0.2, 0.25) is 0 Å². The van der Waals surface area contributed by atoms with Crippen LogP contribution < -0.4 is 51.4 Å². The van der Waals surface area contributed by atoms with Crippen LogP contribution in [-0.2, 0) is 0 Å². The molecular weight excluding hydrogens is 111 g/mol. The summed E-state index contributed by atoms with van der Waals surface area (Å²) in [7, 11) is 0. The van der Waals surface area contributed by atoms with Crippen LogP contribution in [0.5, 0.6) is 0 Å². The summed E-state index contributed by atoms with van der Waals surface area (Å²) in [5.74, 6) is 0. The Morgan fingerprint density at radius 3 is 1.71 bits per heavy atom. The maximum Gasteiger partial charge on any atom is 1.00 e. The van der Waals surface area contributed by atoms with Gasteiger partial charge in [0.05, 0.1) is 0 Å². The van der Waals surface area contributed by atoms with Gasteiger partial charge in [-0.3, -0.25) is 0 Å². The maximum absolute atomic E-state index is 2.08. The molecule has 0 nitrogen and oxygen atoms in total. The Bertz CT molecular complexity index is 108. The number of hydrogen-bond acceptors (Lipinski definition) is 0. The fourth-order valence-corrected chi connectivity index (χ4v) is 0.470. The normalized spacial score (nSPS) is 7.57. The molecule has 0 saturated carbocycles. The minimum Gasteiger partial charge on any atom is -0.213 e. The zero-order chi connectivity index (χ0) is 4.41. The molecule has 0 aliphatic heterocycles. The molecule has 0 N–H and O–H groups in total. The summed E-state index contributed by atoms with van der Waals surface area (Å²) in [4.78, 5) is 0. The predicted molar refractivity (Wildman–Crippen MR) is 26.8 cm³/mol. The third kappa shape index (κ3) is 2.72. The van der Waals surface area contributed by atoms with Crippen molar-refractivity contribution in [1.29, 1.82) is 0 Å². The summed E-state index contributed by atoms with van der Waals surface area (Å²) in [6.07, 6.45) is 0. The summed E-state index contributed by atoms with van der Waals surface area (Å²) in [5, 5.41) is 0. The van der Waals surface area contributed by atoms with E-state index >= 15 is 0 Å². The van der Waals surface area contributed by atoms with Crippen LogP contribution in [0.25, 0.3) is 0 Å². The van der Waals surface area contributed by atoms with Gasteiger partial charge in [-0.25, -0.2) is 12.1 Å². The average molecular weight is 118 g/mol. The summed E-state index contributed by atoms with van der Waals surface area (Å²) in [6.45, 7) is 2.08. The smallest absolute Gasteiger partial charge is 0.213 e. The van der Waals surface area contributed by atoms with E-state index in [1.165, 1.54) is 5.56 Å². The zero-order valence-electron chi connectivity index (χ0n) is 4.81. The first-order chi connectivity index (χ1) is 2.89. The van der Waals surface area contributed by atoms with Gasteiger partial charge in [-0.05, 0) is 0 Å². The molecule has 0 aliphatic carbocycles. The van der Waals surface area contributed by atoms with E-state index in [1.54, 1.807) is 0 Å². The molecule has 32 valence electrons. The van der Waals surface area contributed by atoms with Gasteiger partial charge in [0.15, 0.2) is 0 Å². The van der Waals surface area contributed by atoms with Gasteiger partial charge in [0.1, 0.15) is 0 Å². The van der Waals surface area contributed by atoms with Crippen molar-refractivity contribution in [3.8, 4) is 0 Å². The van der Waals surface area contributed by atoms with Crippen LogP contribution >= 0.6 is 0 Å². The SMILES string of the molecule is C[c-]1cccc1.[K+]. The minimum absolute atomic E-state index is 0. The van der Waals surface area contributed by atoms with Crippen LogP contribution in [0.1, 0.15) is 5.56 Å². The molecule has 0 fully saturated rings. The number of aryl methyl sites for hydroxylation is 1. The van der Waals surface area contributed by atoms with Gasteiger partial charge < -0.3 is 0 Å². The molecule has 1 aromatic carbocycles. The molecule has 0 radical (unpaired) electrons. The van der Waals surface area contributed by atoms with E-state index in [0.717, 1.165) is 0 Å². The van der Waals surface area contributed by atoms with Gasteiger partial charge in [-0.2, -0.15) is 17.7 Å². The van der Waals surface area contributed by atoms with Crippen LogP contribution in [0, 0.1) is 6.92 Å². The van der Waals surface area contributed by atoms with Gasteiger partial charge >= 0.3 is 51.4 Å². The second-order valence-corrected chi connectivity index (χ2v) is 1.46. The average Bonchev–Trinajstić information content (AvgIpc) is 1.86. The second kappa shape index (κ2) is 3.93. The molecule has 1 heteroatoms. The number of hydrogen-bond donors (Lipinski definition) is 0. The molecule has 7 heavy (non-hydrogen) atoms. The van der Waals surface area contributed by atoms with Crippen LogP contribution in [-0.4, -0.2) is 0 Å². The van der Waals surface area contributed by atoms with Crippen molar-refractivity contribution in [3.05, 3.63) is 29.8 Å². The van der Waals surface area contributed by atoms with Crippen LogP contribution in [0.3, 0.4) is 0 Å². The summed E-state index contributed by atoms with van der Waals surface area (Å²) in [6, 6.07) is 8.24. The molecule has 0 amide bonds. The van der Waals surface area contributed by atoms with E-state index in [9.17, 15) is 0 Å². The number of rotatable bonds is 0. The third-order valence-electron chi connectivity index (χ3n) is 0.829. The second-order valence-electron chi connectivity index (χ2n) is 1.46. The quantitative estimate of drug-likeness (QED) is 0.294. The van der Waals surface area contributed by atoms with Crippen molar-refractivity contribution >= 4 is 0 Å². The van der Waals surface area contributed by atoms with Crippen molar-refractivity contribution in [2.24, 2.45) is 0 Å². The topological polar surface area (TPSA) is 0 Å². The van der Waals surface area contributed by atoms with E-state index in [0.29, 0.717) is 0 Å². The van der Waals surface area contributed by atoms with E-state index in [4.69, 9.17) is 0 Å². The molecule has 0 unspecified atom stereocenters. The van der Waals surface area contributed by atoms with Gasteiger partial charge in [0, 0.05) is 0 Å². The van der Waals surface area contributed by atoms with E-state index in [1.807, 2.05) is 12.1 Å². The van der Waals surface area contributed by atoms with Crippen molar-refractivity contribution in [2.75, 3.05) is 0 Å². The van der Waals surface area contributed by atoms with Crippen LogP contribution in [0.4, 0.5) is 0 Å². The van der Waals surface area contributed by atoms with Gasteiger partial charge in [-0.1, -0.05) is 6.92 Å². The monoisotopic (exact) mass is 118 g/mol. The van der Waals surface area contributed by atoms with E-state index < -0.39 is 0 Å². The molecule has 0 aliphatic rings. The Kier molecular flexibility index (Phi) is 4.48. The summed E-state index contributed by atoms with van der Waals surface area (Å²) >= 11 is 0. The van der Waals surface area contributed by atoms with Gasteiger partial charge in [-0.15, -0.1) is 0 Å². The molecule has 0 heterocycles. The third-order valence-corrected chi connectivity index (χ3v) is 0.829. The van der Waals surface area contributed by atoms with Gasteiger partial charge in [0.25, 0.3) is 0 Å². The Hall–Kier alpha value is 0.986. The Morgan fingerprint density at radius 2 is 1.57 bits per heavy atom. The largest absolute Gasteiger partial charge is 1.00 e. The first-order valence-corrected chi connectivity index (χ1v) is 2.08. The molecule has 0 aromatic heterocycles. The first-order valence-electron chi connectivity index (χ1n) is 2.08. The zero-order valence-corrected chi connectivity index (χ0v) is 7.93. The fraction of sp³-hybridized carbons (Fsp3) is 0.167. The Labute approximate surface area is 86.7 Å². The van der Waals surface area contributed by atoms with Crippen molar-refractivity contribution in [3.63, 3.8) is 0 Å². The summed E-state index contributed by atoms with van der Waals surface area (Å²) < 4.78 is 0. The minimum atomic E-state index is 0. The summed E-state index contributed by atoms with van der Waals surface area (Å²) in [5.41, 5.74) is 1.34. The molecule has 0 bridgehead atoms. The first kappa shape index (κ1) is 7.99. The van der Waals surface area contributed by atoms with E-state index in [-0.39, 0.29) is 51.4 Å². The fourth-order valence-electron chi connectivity index (χ4n) is 0.470. The molecule has 1 rings (SSSR count). The molecule has 0 atom stereocenters. The predicted octanol–water partition coefficient (Wildman–Crippen LogP) is -1.28. The van der Waals surface area contributed by atoms with Crippen molar-refractivity contribution < 1.29 is 51.4 Å². The standard InChI is InChI=1S/C6H7.K/c1-6-4-2-3-5-6;/h2-5H,1H3;/q-1;+1. The Balaban J connectivity index is 0.000000360. The van der Waals surface area contributed by atoms with E-state index in [2.05, 4.69) is 19.1 Å². The van der Waals surface area contributed by atoms with Gasteiger partial charge in [0.2, 0.25) is 0 Å². The Morgan fingerprint density at radius 1 is 1.14 bits per heavy atom. The molecule has 0 spiro atoms. The maximum atomic E-state index is 2.08. The van der Waals surface area contributed by atoms with Crippen molar-refractivity contribution in [1.82, 2.24) is 0 Å². The molecule has 1 aromatic rings. The molecular formula is C6H7K. The molecule has 0 saturated heterocycles. The van der Waals surface area contributed by atoms with Crippen LogP contribution in [0.15, 0.2) is 24.3 Å².